The van der Waals surface area contributed by atoms with Crippen LogP contribution < -0.4 is 4.74 Å². The number of pyridine rings is 1. The fourth-order valence-electron chi connectivity index (χ4n) is 1.70. The third-order valence-electron chi connectivity index (χ3n) is 2.53. The highest BCUT2D eigenvalue weighted by molar-refractivity contribution is 5.84. The standard InChI is InChI=1S/C14H14N2O/c1-10-6-7-12-4-3-5-13(14(12)16-10)17-11(2)8-9-15/h3-7,11H,8H2,1-2H3. The summed E-state index contributed by atoms with van der Waals surface area (Å²) in [7, 11) is 0. The molecule has 1 aromatic heterocycles. The lowest BCUT2D eigenvalue weighted by Gasteiger charge is -2.13. The van der Waals surface area contributed by atoms with E-state index in [9.17, 15) is 0 Å². The van der Waals surface area contributed by atoms with E-state index in [1.807, 2.05) is 44.2 Å². The molecule has 1 aromatic carbocycles. The Morgan fingerprint density at radius 2 is 2.18 bits per heavy atom. The zero-order valence-corrected chi connectivity index (χ0v) is 9.97. The summed E-state index contributed by atoms with van der Waals surface area (Å²) in [4.78, 5) is 4.48. The minimum absolute atomic E-state index is 0.118. The van der Waals surface area contributed by atoms with Crippen molar-refractivity contribution in [3.8, 4) is 11.8 Å². The summed E-state index contributed by atoms with van der Waals surface area (Å²) in [5.41, 5.74) is 1.82. The first-order valence-electron chi connectivity index (χ1n) is 5.60. The topological polar surface area (TPSA) is 45.9 Å². The molecule has 0 saturated carbocycles. The largest absolute Gasteiger partial charge is 0.487 e. The van der Waals surface area contributed by atoms with E-state index in [0.29, 0.717) is 6.42 Å². The molecule has 86 valence electrons. The van der Waals surface area contributed by atoms with Gasteiger partial charge in [-0.3, -0.25) is 0 Å². The first-order valence-corrected chi connectivity index (χ1v) is 5.60. The van der Waals surface area contributed by atoms with Gasteiger partial charge in [-0.05, 0) is 26.0 Å². The van der Waals surface area contributed by atoms with Crippen molar-refractivity contribution in [1.29, 1.82) is 5.26 Å². The third-order valence-corrected chi connectivity index (χ3v) is 2.53. The lowest BCUT2D eigenvalue weighted by atomic mass is 10.2. The van der Waals surface area contributed by atoms with Gasteiger partial charge in [-0.15, -0.1) is 0 Å². The molecule has 0 N–H and O–H groups in total. The molecular weight excluding hydrogens is 212 g/mol. The summed E-state index contributed by atoms with van der Waals surface area (Å²) in [5.74, 6) is 0.744. The van der Waals surface area contributed by atoms with Gasteiger partial charge in [-0.2, -0.15) is 5.26 Å². The second-order valence-corrected chi connectivity index (χ2v) is 4.07. The van der Waals surface area contributed by atoms with Crippen molar-refractivity contribution in [3.63, 3.8) is 0 Å². The number of fused-ring (bicyclic) bond motifs is 1. The van der Waals surface area contributed by atoms with Crippen LogP contribution in [0, 0.1) is 18.3 Å². The highest BCUT2D eigenvalue weighted by atomic mass is 16.5. The highest BCUT2D eigenvalue weighted by Crippen LogP contribution is 2.25. The average molecular weight is 226 g/mol. The lowest BCUT2D eigenvalue weighted by molar-refractivity contribution is 0.229. The molecule has 3 nitrogen and oxygen atoms in total. The summed E-state index contributed by atoms with van der Waals surface area (Å²) in [5, 5.41) is 9.68. The molecule has 0 saturated heterocycles. The van der Waals surface area contributed by atoms with Gasteiger partial charge in [0.1, 0.15) is 17.4 Å². The molecule has 0 bridgehead atoms. The van der Waals surface area contributed by atoms with E-state index in [4.69, 9.17) is 10.00 Å². The van der Waals surface area contributed by atoms with E-state index in [-0.39, 0.29) is 6.10 Å². The van der Waals surface area contributed by atoms with Crippen molar-refractivity contribution in [3.05, 3.63) is 36.0 Å². The van der Waals surface area contributed by atoms with E-state index in [1.54, 1.807) is 0 Å². The maximum Gasteiger partial charge on any atom is 0.145 e. The van der Waals surface area contributed by atoms with Gasteiger partial charge < -0.3 is 4.74 Å². The van der Waals surface area contributed by atoms with Gasteiger partial charge in [-0.1, -0.05) is 18.2 Å². The number of benzene rings is 1. The molecule has 0 fully saturated rings. The summed E-state index contributed by atoms with van der Waals surface area (Å²) in [6.45, 7) is 3.84. The van der Waals surface area contributed by atoms with E-state index in [2.05, 4.69) is 11.1 Å². The summed E-state index contributed by atoms with van der Waals surface area (Å²) in [6, 6.07) is 11.9. The van der Waals surface area contributed by atoms with Gasteiger partial charge in [0.25, 0.3) is 0 Å². The Balaban J connectivity index is 2.40. The van der Waals surface area contributed by atoms with Gasteiger partial charge in [0.15, 0.2) is 0 Å². The Hall–Kier alpha value is -2.08. The van der Waals surface area contributed by atoms with Gasteiger partial charge >= 0.3 is 0 Å². The van der Waals surface area contributed by atoms with Gasteiger partial charge in [-0.25, -0.2) is 4.98 Å². The molecule has 1 atom stereocenters. The van der Waals surface area contributed by atoms with Crippen molar-refractivity contribution in [2.45, 2.75) is 26.4 Å². The summed E-state index contributed by atoms with van der Waals surface area (Å²) < 4.78 is 5.74. The number of aromatic nitrogens is 1. The van der Waals surface area contributed by atoms with E-state index in [1.165, 1.54) is 0 Å². The highest BCUT2D eigenvalue weighted by Gasteiger charge is 2.08. The fourth-order valence-corrected chi connectivity index (χ4v) is 1.70. The number of nitriles is 1. The van der Waals surface area contributed by atoms with Crippen molar-refractivity contribution in [1.82, 2.24) is 4.98 Å². The molecule has 1 heterocycles. The lowest BCUT2D eigenvalue weighted by Crippen LogP contribution is -2.10. The minimum Gasteiger partial charge on any atom is -0.487 e. The molecule has 17 heavy (non-hydrogen) atoms. The molecule has 0 aliphatic rings. The van der Waals surface area contributed by atoms with Gasteiger partial charge in [0, 0.05) is 11.1 Å². The predicted molar refractivity (Wildman–Crippen MR) is 66.8 cm³/mol. The maximum atomic E-state index is 8.63. The molecule has 0 amide bonds. The number of ether oxygens (including phenoxy) is 1. The average Bonchev–Trinajstić information content (AvgIpc) is 2.30. The number of rotatable bonds is 3. The predicted octanol–water partition coefficient (Wildman–Crippen LogP) is 3.22. The monoisotopic (exact) mass is 226 g/mol. The number of hydrogen-bond donors (Lipinski definition) is 0. The number of nitrogens with zero attached hydrogens (tertiary/aromatic N) is 2. The molecule has 0 radical (unpaired) electrons. The number of hydrogen-bond acceptors (Lipinski definition) is 3. The Labute approximate surface area is 101 Å². The van der Waals surface area contributed by atoms with Gasteiger partial charge in [0.2, 0.25) is 0 Å². The second-order valence-electron chi connectivity index (χ2n) is 4.07. The van der Waals surface area contributed by atoms with Crippen LogP contribution in [0.15, 0.2) is 30.3 Å². The van der Waals surface area contributed by atoms with Crippen LogP contribution >= 0.6 is 0 Å². The smallest absolute Gasteiger partial charge is 0.145 e. The molecule has 3 heteroatoms. The molecular formula is C14H14N2O. The van der Waals surface area contributed by atoms with Crippen LogP contribution in [0.5, 0.6) is 5.75 Å². The normalized spacial score (nSPS) is 12.1. The third kappa shape index (κ3) is 2.54. The summed E-state index contributed by atoms with van der Waals surface area (Å²) >= 11 is 0. The Morgan fingerprint density at radius 1 is 1.35 bits per heavy atom. The number of para-hydroxylation sites is 1. The zero-order chi connectivity index (χ0) is 12.3. The Kier molecular flexibility index (Phi) is 3.24. The van der Waals surface area contributed by atoms with Crippen molar-refractivity contribution in [2.75, 3.05) is 0 Å². The van der Waals surface area contributed by atoms with Crippen molar-refractivity contribution < 1.29 is 4.74 Å². The minimum atomic E-state index is -0.118. The van der Waals surface area contributed by atoms with Crippen LogP contribution in [-0.2, 0) is 0 Å². The quantitative estimate of drug-likeness (QED) is 0.807. The number of aryl methyl sites for hydroxylation is 1. The SMILES string of the molecule is Cc1ccc2cccc(OC(C)CC#N)c2n1. The van der Waals surface area contributed by atoms with Crippen LogP contribution in [0.1, 0.15) is 19.0 Å². The van der Waals surface area contributed by atoms with E-state index >= 15 is 0 Å². The maximum absolute atomic E-state index is 8.63. The van der Waals surface area contributed by atoms with E-state index in [0.717, 1.165) is 22.3 Å². The Morgan fingerprint density at radius 3 is 2.94 bits per heavy atom. The second kappa shape index (κ2) is 4.84. The van der Waals surface area contributed by atoms with E-state index < -0.39 is 0 Å². The van der Waals surface area contributed by atoms with Crippen molar-refractivity contribution in [2.24, 2.45) is 0 Å². The van der Waals surface area contributed by atoms with Crippen LogP contribution in [0.25, 0.3) is 10.9 Å². The first-order chi connectivity index (χ1) is 8.20. The van der Waals surface area contributed by atoms with Crippen LogP contribution in [0.3, 0.4) is 0 Å². The molecule has 0 spiro atoms. The fraction of sp³-hybridized carbons (Fsp3) is 0.286. The van der Waals surface area contributed by atoms with Crippen LogP contribution in [0.2, 0.25) is 0 Å². The summed E-state index contributed by atoms with van der Waals surface area (Å²) in [6.07, 6.45) is 0.260. The van der Waals surface area contributed by atoms with Crippen LogP contribution in [-0.4, -0.2) is 11.1 Å². The molecule has 0 aliphatic heterocycles. The Bertz CT molecular complexity index is 572. The zero-order valence-electron chi connectivity index (χ0n) is 9.97. The van der Waals surface area contributed by atoms with Crippen LogP contribution in [0.4, 0.5) is 0 Å². The first kappa shape index (κ1) is 11.4. The molecule has 0 aliphatic carbocycles. The van der Waals surface area contributed by atoms with Crippen molar-refractivity contribution >= 4 is 10.9 Å². The molecule has 2 rings (SSSR count). The molecule has 1 unspecified atom stereocenters. The van der Waals surface area contributed by atoms with Gasteiger partial charge in [0.05, 0.1) is 12.5 Å². The molecule has 2 aromatic rings.